The zero-order valence-electron chi connectivity index (χ0n) is 11.7. The standard InChI is InChI=1S/C14H16BrN3O3/c1-3-8(2)12(13(19)20)18-14(21)17-11-6-10(15)5-4-9(11)7-16/h4-6,8,12H,3H2,1-2H3,(H,19,20)(H2,17,18,21)/t8?,12-/m0/s1. The number of benzene rings is 1. The summed E-state index contributed by atoms with van der Waals surface area (Å²) in [6.07, 6.45) is 0.623. The maximum absolute atomic E-state index is 11.9. The number of urea groups is 1. The molecule has 1 rings (SSSR count). The fourth-order valence-electron chi connectivity index (χ4n) is 1.70. The van der Waals surface area contributed by atoms with Crippen LogP contribution in [0.25, 0.3) is 0 Å². The van der Waals surface area contributed by atoms with Crippen molar-refractivity contribution in [2.45, 2.75) is 26.3 Å². The van der Waals surface area contributed by atoms with Crippen molar-refractivity contribution in [3.63, 3.8) is 0 Å². The number of hydrogen-bond acceptors (Lipinski definition) is 3. The van der Waals surface area contributed by atoms with Crippen LogP contribution in [0.3, 0.4) is 0 Å². The Bertz CT molecular complexity index is 583. The molecule has 6 nitrogen and oxygen atoms in total. The zero-order chi connectivity index (χ0) is 16.0. The number of carbonyl (C=O) groups is 2. The minimum absolute atomic E-state index is 0.203. The second kappa shape index (κ2) is 7.64. The number of anilines is 1. The van der Waals surface area contributed by atoms with Gasteiger partial charge in [-0.15, -0.1) is 0 Å². The van der Waals surface area contributed by atoms with E-state index >= 15 is 0 Å². The summed E-state index contributed by atoms with van der Waals surface area (Å²) in [5.41, 5.74) is 0.612. The Morgan fingerprint density at radius 1 is 1.48 bits per heavy atom. The molecule has 7 heteroatoms. The van der Waals surface area contributed by atoms with Gasteiger partial charge >= 0.3 is 12.0 Å². The lowest BCUT2D eigenvalue weighted by Gasteiger charge is -2.20. The summed E-state index contributed by atoms with van der Waals surface area (Å²) in [6, 6.07) is 5.14. The summed E-state index contributed by atoms with van der Waals surface area (Å²) in [5, 5.41) is 23.0. The van der Waals surface area contributed by atoms with Crippen molar-refractivity contribution in [1.29, 1.82) is 5.26 Å². The minimum atomic E-state index is -1.09. The molecule has 1 aromatic carbocycles. The van der Waals surface area contributed by atoms with Gasteiger partial charge in [0.25, 0.3) is 0 Å². The molecule has 0 aliphatic carbocycles. The fourth-order valence-corrected chi connectivity index (χ4v) is 2.06. The van der Waals surface area contributed by atoms with Gasteiger partial charge in [0.05, 0.1) is 11.3 Å². The molecule has 0 aromatic heterocycles. The van der Waals surface area contributed by atoms with Crippen LogP contribution in [0.1, 0.15) is 25.8 Å². The first-order valence-corrected chi connectivity index (χ1v) is 7.18. The van der Waals surface area contributed by atoms with E-state index in [1.165, 1.54) is 0 Å². The lowest BCUT2D eigenvalue weighted by atomic mass is 9.99. The number of aliphatic carboxylic acids is 1. The first kappa shape index (κ1) is 17.0. The van der Waals surface area contributed by atoms with Crippen LogP contribution < -0.4 is 10.6 Å². The van der Waals surface area contributed by atoms with Gasteiger partial charge in [-0.05, 0) is 24.1 Å². The van der Waals surface area contributed by atoms with Gasteiger partial charge in [-0.3, -0.25) is 0 Å². The summed E-state index contributed by atoms with van der Waals surface area (Å²) < 4.78 is 0.702. The van der Waals surface area contributed by atoms with Crippen molar-refractivity contribution in [2.24, 2.45) is 5.92 Å². The Morgan fingerprint density at radius 3 is 2.67 bits per heavy atom. The molecule has 0 aliphatic heterocycles. The highest BCUT2D eigenvalue weighted by molar-refractivity contribution is 9.10. The van der Waals surface area contributed by atoms with Gasteiger partial charge in [-0.1, -0.05) is 36.2 Å². The number of carboxylic acid groups (broad SMARTS) is 1. The van der Waals surface area contributed by atoms with Gasteiger partial charge in [-0.25, -0.2) is 9.59 Å². The smallest absolute Gasteiger partial charge is 0.326 e. The molecule has 0 saturated carbocycles. The SMILES string of the molecule is CCC(C)[C@H](NC(=O)Nc1cc(Br)ccc1C#N)C(=O)O. The first-order valence-electron chi connectivity index (χ1n) is 6.39. The fraction of sp³-hybridized carbons (Fsp3) is 0.357. The lowest BCUT2D eigenvalue weighted by Crippen LogP contribution is -2.46. The lowest BCUT2D eigenvalue weighted by molar-refractivity contribution is -0.140. The number of nitrogens with one attached hydrogen (secondary N) is 2. The molecule has 3 N–H and O–H groups in total. The Morgan fingerprint density at radius 2 is 2.14 bits per heavy atom. The molecule has 2 atom stereocenters. The summed E-state index contributed by atoms with van der Waals surface area (Å²) >= 11 is 3.25. The first-order chi connectivity index (χ1) is 9.88. The Balaban J connectivity index is 2.84. The molecule has 0 spiro atoms. The molecule has 1 unspecified atom stereocenters. The molecule has 0 saturated heterocycles. The van der Waals surface area contributed by atoms with E-state index in [0.717, 1.165) is 0 Å². The maximum Gasteiger partial charge on any atom is 0.326 e. The van der Waals surface area contributed by atoms with E-state index in [1.54, 1.807) is 25.1 Å². The Kier molecular flexibility index (Phi) is 6.18. The topological polar surface area (TPSA) is 102 Å². The molecular weight excluding hydrogens is 338 g/mol. The number of halogens is 1. The van der Waals surface area contributed by atoms with Gasteiger partial charge in [0.1, 0.15) is 12.1 Å². The summed E-state index contributed by atoms with van der Waals surface area (Å²) in [4.78, 5) is 23.1. The molecular formula is C14H16BrN3O3. The highest BCUT2D eigenvalue weighted by Crippen LogP contribution is 2.20. The second-order valence-corrected chi connectivity index (χ2v) is 5.52. The normalized spacial score (nSPS) is 12.9. The number of carbonyl (C=O) groups excluding carboxylic acids is 1. The van der Waals surface area contributed by atoms with E-state index in [-0.39, 0.29) is 5.92 Å². The van der Waals surface area contributed by atoms with Crippen LogP contribution in [0.5, 0.6) is 0 Å². The molecule has 0 fully saturated rings. The quantitative estimate of drug-likeness (QED) is 0.756. The van der Waals surface area contributed by atoms with Gasteiger partial charge in [0, 0.05) is 4.47 Å². The number of nitrogens with zero attached hydrogens (tertiary/aromatic N) is 1. The van der Waals surface area contributed by atoms with Gasteiger partial charge in [-0.2, -0.15) is 5.26 Å². The Labute approximate surface area is 131 Å². The number of carboxylic acids is 1. The van der Waals surface area contributed by atoms with E-state index in [9.17, 15) is 9.59 Å². The summed E-state index contributed by atoms with van der Waals surface area (Å²) in [5.74, 6) is -1.29. The van der Waals surface area contributed by atoms with E-state index in [4.69, 9.17) is 10.4 Å². The van der Waals surface area contributed by atoms with E-state index in [1.807, 2.05) is 13.0 Å². The van der Waals surface area contributed by atoms with Crippen LogP contribution in [0.2, 0.25) is 0 Å². The van der Waals surface area contributed by atoms with Crippen LogP contribution in [0.4, 0.5) is 10.5 Å². The van der Waals surface area contributed by atoms with Crippen molar-refractivity contribution in [2.75, 3.05) is 5.32 Å². The maximum atomic E-state index is 11.9. The van der Waals surface area contributed by atoms with Crippen LogP contribution >= 0.6 is 15.9 Å². The summed E-state index contributed by atoms with van der Waals surface area (Å²) in [6.45, 7) is 3.60. The molecule has 112 valence electrons. The summed E-state index contributed by atoms with van der Waals surface area (Å²) in [7, 11) is 0. The highest BCUT2D eigenvalue weighted by atomic mass is 79.9. The van der Waals surface area contributed by atoms with Gasteiger partial charge in [0.2, 0.25) is 0 Å². The molecule has 1 aromatic rings. The van der Waals surface area contributed by atoms with Crippen molar-refractivity contribution < 1.29 is 14.7 Å². The van der Waals surface area contributed by atoms with Crippen LogP contribution in [-0.4, -0.2) is 23.1 Å². The second-order valence-electron chi connectivity index (χ2n) is 4.60. The minimum Gasteiger partial charge on any atom is -0.480 e. The number of nitriles is 1. The monoisotopic (exact) mass is 353 g/mol. The van der Waals surface area contributed by atoms with Gasteiger partial charge < -0.3 is 15.7 Å². The van der Waals surface area contributed by atoms with Crippen molar-refractivity contribution in [1.82, 2.24) is 5.32 Å². The molecule has 0 bridgehead atoms. The predicted molar refractivity (Wildman–Crippen MR) is 81.9 cm³/mol. The molecule has 0 aliphatic rings. The molecule has 21 heavy (non-hydrogen) atoms. The average molecular weight is 354 g/mol. The van der Waals surface area contributed by atoms with Gasteiger partial charge in [0.15, 0.2) is 0 Å². The number of amides is 2. The molecule has 2 amide bonds. The van der Waals surface area contributed by atoms with Crippen molar-refractivity contribution in [3.8, 4) is 6.07 Å². The highest BCUT2D eigenvalue weighted by Gasteiger charge is 2.25. The predicted octanol–water partition coefficient (Wildman–Crippen LogP) is 2.94. The third-order valence-corrected chi connectivity index (χ3v) is 3.61. The number of rotatable bonds is 5. The number of hydrogen-bond donors (Lipinski definition) is 3. The van der Waals surface area contributed by atoms with E-state index in [2.05, 4.69) is 26.6 Å². The largest absolute Gasteiger partial charge is 0.480 e. The molecule has 0 radical (unpaired) electrons. The third-order valence-electron chi connectivity index (χ3n) is 3.12. The van der Waals surface area contributed by atoms with Crippen molar-refractivity contribution >= 4 is 33.6 Å². The van der Waals surface area contributed by atoms with Crippen LogP contribution in [0, 0.1) is 17.2 Å². The Hall–Kier alpha value is -2.07. The van der Waals surface area contributed by atoms with E-state index in [0.29, 0.717) is 22.1 Å². The van der Waals surface area contributed by atoms with Crippen molar-refractivity contribution in [3.05, 3.63) is 28.2 Å². The zero-order valence-corrected chi connectivity index (χ0v) is 13.3. The van der Waals surface area contributed by atoms with Crippen LogP contribution in [-0.2, 0) is 4.79 Å². The average Bonchev–Trinajstić information content (AvgIpc) is 2.44. The van der Waals surface area contributed by atoms with E-state index < -0.39 is 18.0 Å². The third kappa shape index (κ3) is 4.76. The molecule has 0 heterocycles. The van der Waals surface area contributed by atoms with Crippen LogP contribution in [0.15, 0.2) is 22.7 Å².